The van der Waals surface area contributed by atoms with Gasteiger partial charge in [-0.2, -0.15) is 9.61 Å². The zero-order valence-electron chi connectivity index (χ0n) is 19.3. The van der Waals surface area contributed by atoms with Crippen molar-refractivity contribution >= 4 is 11.5 Å². The van der Waals surface area contributed by atoms with Gasteiger partial charge in [0.15, 0.2) is 5.65 Å². The standard InChI is InChI=1S/C26H34N4O/c1-5-18(6-2)27-25-21-11-8-12-22(21)28-26-23(20-14-13-19(31-4)15-16(20)3)24(29-30(25)26)17-9-7-10-17/h13-15,17-18,27H,5-12H2,1-4H3. The molecule has 1 fully saturated rings. The fourth-order valence-electron chi connectivity index (χ4n) is 5.15. The summed E-state index contributed by atoms with van der Waals surface area (Å²) >= 11 is 0. The van der Waals surface area contributed by atoms with Crippen molar-refractivity contribution in [3.8, 4) is 16.9 Å². The Labute approximate surface area is 185 Å². The number of ether oxygens (including phenoxy) is 1. The van der Waals surface area contributed by atoms with E-state index in [1.165, 1.54) is 65.1 Å². The summed E-state index contributed by atoms with van der Waals surface area (Å²) in [7, 11) is 1.73. The van der Waals surface area contributed by atoms with E-state index in [0.717, 1.165) is 37.1 Å². The van der Waals surface area contributed by atoms with Crippen molar-refractivity contribution in [2.45, 2.75) is 84.1 Å². The zero-order chi connectivity index (χ0) is 21.5. The van der Waals surface area contributed by atoms with Gasteiger partial charge in [-0.1, -0.05) is 26.3 Å². The van der Waals surface area contributed by atoms with Gasteiger partial charge in [0, 0.05) is 23.2 Å². The van der Waals surface area contributed by atoms with Crippen molar-refractivity contribution in [1.29, 1.82) is 0 Å². The van der Waals surface area contributed by atoms with Crippen LogP contribution in [0.3, 0.4) is 0 Å². The van der Waals surface area contributed by atoms with Crippen molar-refractivity contribution in [3.05, 3.63) is 40.7 Å². The summed E-state index contributed by atoms with van der Waals surface area (Å²) in [6, 6.07) is 6.83. The van der Waals surface area contributed by atoms with Gasteiger partial charge in [-0.05, 0) is 75.1 Å². The van der Waals surface area contributed by atoms with E-state index in [2.05, 4.69) is 48.8 Å². The summed E-state index contributed by atoms with van der Waals surface area (Å²) < 4.78 is 7.61. The first-order valence-electron chi connectivity index (χ1n) is 12.0. The highest BCUT2D eigenvalue weighted by molar-refractivity contribution is 5.84. The molecule has 3 aromatic rings. The number of fused-ring (bicyclic) bond motifs is 2. The molecule has 0 spiro atoms. The van der Waals surface area contributed by atoms with Crippen LogP contribution in [0, 0.1) is 6.92 Å². The number of nitrogens with one attached hydrogen (secondary N) is 1. The third-order valence-electron chi connectivity index (χ3n) is 7.34. The summed E-state index contributed by atoms with van der Waals surface area (Å²) in [6.45, 7) is 6.69. The molecule has 0 amide bonds. The van der Waals surface area contributed by atoms with Crippen LogP contribution in [0.4, 0.5) is 5.82 Å². The molecule has 31 heavy (non-hydrogen) atoms. The molecule has 164 valence electrons. The predicted octanol–water partition coefficient (Wildman–Crippen LogP) is 6.07. The molecule has 0 saturated heterocycles. The largest absolute Gasteiger partial charge is 0.497 e. The first kappa shape index (κ1) is 20.3. The minimum atomic E-state index is 0.456. The number of benzene rings is 1. The van der Waals surface area contributed by atoms with Crippen molar-refractivity contribution in [3.63, 3.8) is 0 Å². The van der Waals surface area contributed by atoms with Crippen molar-refractivity contribution in [2.75, 3.05) is 12.4 Å². The summed E-state index contributed by atoms with van der Waals surface area (Å²) in [5.41, 5.74) is 8.55. The maximum atomic E-state index is 5.47. The monoisotopic (exact) mass is 418 g/mol. The minimum absolute atomic E-state index is 0.456. The molecular formula is C26H34N4O. The van der Waals surface area contributed by atoms with E-state index in [-0.39, 0.29) is 0 Å². The topological polar surface area (TPSA) is 51.5 Å². The Hall–Kier alpha value is -2.56. The highest BCUT2D eigenvalue weighted by Gasteiger charge is 2.31. The lowest BCUT2D eigenvalue weighted by Gasteiger charge is -2.24. The molecule has 1 aromatic carbocycles. The molecule has 0 aliphatic heterocycles. The van der Waals surface area contributed by atoms with E-state index in [1.54, 1.807) is 7.11 Å². The van der Waals surface area contributed by atoms with Gasteiger partial charge < -0.3 is 10.1 Å². The maximum absolute atomic E-state index is 5.47. The second kappa shape index (κ2) is 8.18. The molecule has 2 aliphatic carbocycles. The lowest BCUT2D eigenvalue weighted by Crippen LogP contribution is -2.21. The van der Waals surface area contributed by atoms with E-state index in [4.69, 9.17) is 14.8 Å². The number of methoxy groups -OCH3 is 1. The quantitative estimate of drug-likeness (QED) is 0.506. The third-order valence-corrected chi connectivity index (χ3v) is 7.34. The molecule has 2 aliphatic rings. The van der Waals surface area contributed by atoms with Crippen molar-refractivity contribution in [2.24, 2.45) is 0 Å². The second-order valence-corrected chi connectivity index (χ2v) is 9.20. The average molecular weight is 419 g/mol. The van der Waals surface area contributed by atoms with Gasteiger partial charge >= 0.3 is 0 Å². The van der Waals surface area contributed by atoms with E-state index in [0.29, 0.717) is 12.0 Å². The number of anilines is 1. The number of aromatic nitrogens is 3. The fraction of sp³-hybridized carbons (Fsp3) is 0.538. The lowest BCUT2D eigenvalue weighted by atomic mass is 9.80. The molecule has 1 saturated carbocycles. The van der Waals surface area contributed by atoms with E-state index in [1.807, 2.05) is 0 Å². The van der Waals surface area contributed by atoms with Crippen LogP contribution >= 0.6 is 0 Å². The predicted molar refractivity (Wildman–Crippen MR) is 126 cm³/mol. The number of rotatable bonds is 7. The molecule has 1 N–H and O–H groups in total. The van der Waals surface area contributed by atoms with Crippen LogP contribution < -0.4 is 10.1 Å². The van der Waals surface area contributed by atoms with Gasteiger partial charge in [-0.15, -0.1) is 0 Å². The highest BCUT2D eigenvalue weighted by atomic mass is 16.5. The SMILES string of the molecule is CCC(CC)Nc1c2c(nc3c(-c4ccc(OC)cc4C)c(C4CCC4)nn13)CCC2. The summed E-state index contributed by atoms with van der Waals surface area (Å²) in [5.74, 6) is 2.62. The van der Waals surface area contributed by atoms with Gasteiger partial charge in [-0.3, -0.25) is 0 Å². The molecule has 5 heteroatoms. The summed E-state index contributed by atoms with van der Waals surface area (Å²) in [6.07, 6.45) is 9.29. The first-order valence-corrected chi connectivity index (χ1v) is 12.0. The average Bonchev–Trinajstić information content (AvgIpc) is 3.35. The van der Waals surface area contributed by atoms with Gasteiger partial charge in [0.1, 0.15) is 11.6 Å². The normalized spacial score (nSPS) is 16.0. The number of hydrogen-bond acceptors (Lipinski definition) is 4. The second-order valence-electron chi connectivity index (χ2n) is 9.20. The van der Waals surface area contributed by atoms with Gasteiger partial charge in [0.05, 0.1) is 18.4 Å². The minimum Gasteiger partial charge on any atom is -0.497 e. The summed E-state index contributed by atoms with van der Waals surface area (Å²) in [5, 5.41) is 9.12. The van der Waals surface area contributed by atoms with Crippen LogP contribution in [0.25, 0.3) is 16.8 Å². The summed E-state index contributed by atoms with van der Waals surface area (Å²) in [4.78, 5) is 5.23. The Kier molecular flexibility index (Phi) is 5.37. The Morgan fingerprint density at radius 3 is 2.61 bits per heavy atom. The Balaban J connectivity index is 1.76. The van der Waals surface area contributed by atoms with Crippen molar-refractivity contribution in [1.82, 2.24) is 14.6 Å². The molecule has 2 aromatic heterocycles. The van der Waals surface area contributed by atoms with Crippen LogP contribution in [-0.4, -0.2) is 27.7 Å². The van der Waals surface area contributed by atoms with E-state index < -0.39 is 0 Å². The number of nitrogens with zero attached hydrogens (tertiary/aromatic N) is 3. The first-order chi connectivity index (χ1) is 15.1. The van der Waals surface area contributed by atoms with E-state index in [9.17, 15) is 0 Å². The molecular weight excluding hydrogens is 384 g/mol. The van der Waals surface area contributed by atoms with Gasteiger partial charge in [0.2, 0.25) is 0 Å². The van der Waals surface area contributed by atoms with Crippen molar-refractivity contribution < 1.29 is 4.74 Å². The maximum Gasteiger partial charge on any atom is 0.165 e. The van der Waals surface area contributed by atoms with Crippen LogP contribution in [-0.2, 0) is 12.8 Å². The molecule has 0 radical (unpaired) electrons. The molecule has 0 atom stereocenters. The lowest BCUT2D eigenvalue weighted by molar-refractivity contribution is 0.410. The highest BCUT2D eigenvalue weighted by Crippen LogP contribution is 2.44. The third kappa shape index (κ3) is 3.38. The fourth-order valence-corrected chi connectivity index (χ4v) is 5.15. The molecule has 0 unspecified atom stereocenters. The van der Waals surface area contributed by atoms with E-state index >= 15 is 0 Å². The molecule has 5 nitrogen and oxygen atoms in total. The smallest absolute Gasteiger partial charge is 0.165 e. The van der Waals surface area contributed by atoms with Gasteiger partial charge in [0.25, 0.3) is 0 Å². The van der Waals surface area contributed by atoms with Crippen LogP contribution in [0.15, 0.2) is 18.2 Å². The molecule has 0 bridgehead atoms. The van der Waals surface area contributed by atoms with Crippen LogP contribution in [0.5, 0.6) is 5.75 Å². The number of hydrogen-bond donors (Lipinski definition) is 1. The molecule has 2 heterocycles. The number of aryl methyl sites for hydroxylation is 2. The Morgan fingerprint density at radius 2 is 1.97 bits per heavy atom. The van der Waals surface area contributed by atoms with Crippen LogP contribution in [0.1, 0.15) is 80.8 Å². The molecule has 5 rings (SSSR count). The zero-order valence-corrected chi connectivity index (χ0v) is 19.3. The van der Waals surface area contributed by atoms with Crippen LogP contribution in [0.2, 0.25) is 0 Å². The Bertz CT molecular complexity index is 1110. The van der Waals surface area contributed by atoms with Gasteiger partial charge in [-0.25, -0.2) is 4.98 Å². The Morgan fingerprint density at radius 1 is 1.16 bits per heavy atom.